The molecular formula is C9H15F5O4. The molecule has 0 rings (SSSR count). The Labute approximate surface area is 99.7 Å². The van der Waals surface area contributed by atoms with Gasteiger partial charge < -0.3 is 20.4 Å². The quantitative estimate of drug-likeness (QED) is 0.375. The molecule has 0 aromatic carbocycles. The van der Waals surface area contributed by atoms with Crippen molar-refractivity contribution in [3.63, 3.8) is 0 Å². The molecule has 0 aliphatic carbocycles. The molecule has 110 valence electrons. The fourth-order valence-electron chi connectivity index (χ4n) is 1.19. The van der Waals surface area contributed by atoms with E-state index in [9.17, 15) is 22.0 Å². The maximum Gasteiger partial charge on any atom is 0.306 e. The molecule has 0 heterocycles. The van der Waals surface area contributed by atoms with Crippen LogP contribution in [0.1, 0.15) is 12.8 Å². The molecule has 0 bridgehead atoms. The average molecular weight is 282 g/mol. The minimum atomic E-state index is -3.98. The van der Waals surface area contributed by atoms with E-state index in [2.05, 4.69) is 0 Å². The zero-order valence-electron chi connectivity index (χ0n) is 9.19. The van der Waals surface area contributed by atoms with Crippen LogP contribution in [-0.2, 0) is 0 Å². The molecule has 0 saturated heterocycles. The van der Waals surface area contributed by atoms with Crippen molar-refractivity contribution < 1.29 is 42.4 Å². The van der Waals surface area contributed by atoms with Crippen LogP contribution in [0.4, 0.5) is 22.0 Å². The predicted molar refractivity (Wildman–Crippen MR) is 50.2 cm³/mol. The third-order valence-corrected chi connectivity index (χ3v) is 2.27. The first kappa shape index (κ1) is 17.5. The van der Waals surface area contributed by atoms with Crippen molar-refractivity contribution in [3.05, 3.63) is 0 Å². The van der Waals surface area contributed by atoms with Gasteiger partial charge in [-0.15, -0.1) is 0 Å². The Balaban J connectivity index is 4.48. The summed E-state index contributed by atoms with van der Waals surface area (Å²) in [5.74, 6) is -3.98. The van der Waals surface area contributed by atoms with Crippen LogP contribution in [0.15, 0.2) is 0 Å². The molecular weight excluding hydrogens is 267 g/mol. The first-order valence-electron chi connectivity index (χ1n) is 5.10. The lowest BCUT2D eigenvalue weighted by atomic mass is 10.00. The van der Waals surface area contributed by atoms with Gasteiger partial charge in [-0.3, -0.25) is 4.39 Å². The Hall–Kier alpha value is -0.510. The van der Waals surface area contributed by atoms with E-state index in [0.29, 0.717) is 0 Å². The Kier molecular flexibility index (Phi) is 6.97. The summed E-state index contributed by atoms with van der Waals surface area (Å²) in [6.45, 7) is -0.960. The highest BCUT2D eigenvalue weighted by molar-refractivity contribution is 4.88. The molecule has 0 saturated carbocycles. The fraction of sp³-hybridized carbons (Fsp3) is 1.00. The monoisotopic (exact) mass is 282 g/mol. The highest BCUT2D eigenvalue weighted by Crippen LogP contribution is 2.24. The molecule has 0 aromatic rings. The fourth-order valence-corrected chi connectivity index (χ4v) is 1.19. The standard InChI is InChI=1S/C9H15F5O4/c10-3-1-2-4(11)5(12)6(13)7(14)8(15)9(16,17)18/h4-8,15-18H,1-3H2. The maximum absolute atomic E-state index is 13.1. The Morgan fingerprint density at radius 2 is 1.39 bits per heavy atom. The van der Waals surface area contributed by atoms with Gasteiger partial charge in [-0.2, -0.15) is 0 Å². The van der Waals surface area contributed by atoms with Crippen LogP contribution < -0.4 is 0 Å². The Bertz CT molecular complexity index is 237. The van der Waals surface area contributed by atoms with Crippen molar-refractivity contribution in [3.8, 4) is 0 Å². The van der Waals surface area contributed by atoms with Crippen LogP contribution in [-0.4, -0.2) is 63.9 Å². The van der Waals surface area contributed by atoms with Crippen LogP contribution in [0, 0.1) is 0 Å². The molecule has 0 radical (unpaired) electrons. The first-order chi connectivity index (χ1) is 8.12. The van der Waals surface area contributed by atoms with Crippen molar-refractivity contribution >= 4 is 0 Å². The van der Waals surface area contributed by atoms with Gasteiger partial charge in [0.1, 0.15) is 6.17 Å². The Morgan fingerprint density at radius 3 is 1.78 bits per heavy atom. The second-order valence-corrected chi connectivity index (χ2v) is 3.81. The zero-order valence-corrected chi connectivity index (χ0v) is 9.19. The van der Waals surface area contributed by atoms with Crippen molar-refractivity contribution in [2.24, 2.45) is 0 Å². The minimum absolute atomic E-state index is 0.391. The number of alkyl halides is 5. The second kappa shape index (κ2) is 7.17. The van der Waals surface area contributed by atoms with Gasteiger partial charge in [0.2, 0.25) is 0 Å². The topological polar surface area (TPSA) is 80.9 Å². The Morgan fingerprint density at radius 1 is 0.889 bits per heavy atom. The summed E-state index contributed by atoms with van der Waals surface area (Å²) < 4.78 is 63.7. The zero-order chi connectivity index (χ0) is 14.5. The van der Waals surface area contributed by atoms with Crippen molar-refractivity contribution in [1.82, 2.24) is 0 Å². The molecule has 5 atom stereocenters. The summed E-state index contributed by atoms with van der Waals surface area (Å²) in [5, 5.41) is 33.8. The lowest BCUT2D eigenvalue weighted by Gasteiger charge is -2.27. The van der Waals surface area contributed by atoms with E-state index in [4.69, 9.17) is 20.4 Å². The lowest BCUT2D eigenvalue weighted by Crippen LogP contribution is -2.53. The molecule has 0 amide bonds. The van der Waals surface area contributed by atoms with Crippen LogP contribution in [0.5, 0.6) is 0 Å². The van der Waals surface area contributed by atoms with Gasteiger partial charge in [-0.1, -0.05) is 0 Å². The van der Waals surface area contributed by atoms with E-state index in [1.165, 1.54) is 0 Å². The van der Waals surface area contributed by atoms with Crippen molar-refractivity contribution in [2.45, 2.75) is 49.6 Å². The van der Waals surface area contributed by atoms with E-state index >= 15 is 0 Å². The second-order valence-electron chi connectivity index (χ2n) is 3.81. The smallest absolute Gasteiger partial charge is 0.306 e. The SMILES string of the molecule is OC(C(F)C(F)C(F)C(F)CCCF)C(O)(O)O. The molecule has 9 heteroatoms. The van der Waals surface area contributed by atoms with Crippen LogP contribution in [0.3, 0.4) is 0 Å². The van der Waals surface area contributed by atoms with Gasteiger partial charge in [0, 0.05) is 0 Å². The highest BCUT2D eigenvalue weighted by Gasteiger charge is 2.46. The van der Waals surface area contributed by atoms with Gasteiger partial charge in [0.25, 0.3) is 0 Å². The summed E-state index contributed by atoms with van der Waals surface area (Å²) in [4.78, 5) is 0. The molecule has 0 spiro atoms. The average Bonchev–Trinajstić information content (AvgIpc) is 2.30. The van der Waals surface area contributed by atoms with E-state index in [-0.39, 0.29) is 0 Å². The number of hydrogen-bond donors (Lipinski definition) is 4. The van der Waals surface area contributed by atoms with Gasteiger partial charge >= 0.3 is 5.97 Å². The number of aliphatic hydroxyl groups is 4. The summed E-state index contributed by atoms with van der Waals surface area (Å²) in [7, 11) is 0. The number of halogens is 5. The summed E-state index contributed by atoms with van der Waals surface area (Å²) in [6.07, 6.45) is -16.2. The highest BCUT2D eigenvalue weighted by atomic mass is 19.2. The number of aliphatic hydroxyl groups excluding tert-OH is 1. The number of hydrogen-bond acceptors (Lipinski definition) is 4. The van der Waals surface area contributed by atoms with E-state index < -0.39 is 56.3 Å². The molecule has 0 aliphatic heterocycles. The molecule has 0 aromatic heterocycles. The molecule has 4 N–H and O–H groups in total. The summed E-state index contributed by atoms with van der Waals surface area (Å²) in [5.41, 5.74) is 0. The first-order valence-corrected chi connectivity index (χ1v) is 5.10. The summed E-state index contributed by atoms with van der Waals surface area (Å²) >= 11 is 0. The van der Waals surface area contributed by atoms with Gasteiger partial charge in [-0.05, 0) is 12.8 Å². The molecule has 0 aliphatic rings. The molecule has 0 fully saturated rings. The maximum atomic E-state index is 13.1. The molecule has 18 heavy (non-hydrogen) atoms. The van der Waals surface area contributed by atoms with Crippen LogP contribution >= 0.6 is 0 Å². The normalized spacial score (nSPS) is 21.2. The van der Waals surface area contributed by atoms with Gasteiger partial charge in [0.15, 0.2) is 24.6 Å². The van der Waals surface area contributed by atoms with Crippen molar-refractivity contribution in [2.75, 3.05) is 6.67 Å². The van der Waals surface area contributed by atoms with E-state index in [1.54, 1.807) is 0 Å². The summed E-state index contributed by atoms with van der Waals surface area (Å²) in [6, 6.07) is 0. The third-order valence-electron chi connectivity index (χ3n) is 2.27. The minimum Gasteiger partial charge on any atom is -0.382 e. The predicted octanol–water partition coefficient (Wildman–Crippen LogP) is 0.0801. The van der Waals surface area contributed by atoms with Gasteiger partial charge in [0.05, 0.1) is 6.67 Å². The van der Waals surface area contributed by atoms with Crippen LogP contribution in [0.2, 0.25) is 0 Å². The van der Waals surface area contributed by atoms with E-state index in [1.807, 2.05) is 0 Å². The lowest BCUT2D eigenvalue weighted by molar-refractivity contribution is -0.365. The van der Waals surface area contributed by atoms with E-state index in [0.717, 1.165) is 0 Å². The third kappa shape index (κ3) is 5.01. The number of rotatable bonds is 8. The van der Waals surface area contributed by atoms with Crippen LogP contribution in [0.25, 0.3) is 0 Å². The van der Waals surface area contributed by atoms with Gasteiger partial charge in [-0.25, -0.2) is 17.6 Å². The molecule has 5 unspecified atom stereocenters. The largest absolute Gasteiger partial charge is 0.382 e. The molecule has 4 nitrogen and oxygen atoms in total. The van der Waals surface area contributed by atoms with Crippen molar-refractivity contribution in [1.29, 1.82) is 0 Å².